The van der Waals surface area contributed by atoms with Crippen LogP contribution in [0.15, 0.2) is 193 Å². The number of benzene rings is 6. The Labute approximate surface area is 581 Å². The van der Waals surface area contributed by atoms with Crippen LogP contribution in [0.25, 0.3) is 11.1 Å². The van der Waals surface area contributed by atoms with Crippen molar-refractivity contribution in [3.8, 4) is 11.1 Å². The third-order valence-corrected chi connectivity index (χ3v) is 23.6. The number of sulfonamides is 4. The van der Waals surface area contributed by atoms with Crippen LogP contribution in [0.1, 0.15) is 0 Å². The fourth-order valence-corrected chi connectivity index (χ4v) is 17.0. The highest BCUT2D eigenvalue weighted by atomic mass is 32.2. The Morgan fingerprint density at radius 2 is 0.461 bits per heavy atom. The first-order valence-corrected chi connectivity index (χ1v) is 38.6. The molecule has 8 aromatic rings. The summed E-state index contributed by atoms with van der Waals surface area (Å²) in [5.74, 6) is 0. The Kier molecular flexibility index (Phi) is 26.7. The molecule has 0 amide bonds. The predicted molar refractivity (Wildman–Crippen MR) is 356 cm³/mol. The fraction of sp³-hybridized carbons (Fsp3) is 0.276. The smallest absolute Gasteiger partial charge is 0.243 e. The Balaban J connectivity index is 1.29. The van der Waals surface area contributed by atoms with Gasteiger partial charge in [0, 0.05) is 63.5 Å². The molecule has 102 heavy (non-hydrogen) atoms. The first-order valence-electron chi connectivity index (χ1n) is 30.0. The van der Waals surface area contributed by atoms with Gasteiger partial charge in [-0.15, -0.1) is 0 Å². The lowest BCUT2D eigenvalue weighted by Gasteiger charge is -2.20. The van der Waals surface area contributed by atoms with Crippen molar-refractivity contribution in [3.63, 3.8) is 0 Å². The molecule has 0 aliphatic carbocycles. The van der Waals surface area contributed by atoms with Crippen LogP contribution < -0.4 is 33.7 Å². The van der Waals surface area contributed by atoms with Gasteiger partial charge in [-0.2, -0.15) is 17.2 Å². The summed E-state index contributed by atoms with van der Waals surface area (Å²) in [7, 11) is -28.8. The van der Waals surface area contributed by atoms with Crippen molar-refractivity contribution < 1.29 is 100 Å². The summed E-state index contributed by atoms with van der Waals surface area (Å²) in [4.78, 5) is 39.8. The zero-order chi connectivity index (χ0) is 74.2. The molecule has 2 aromatic heterocycles. The standard InChI is InChI=1S/C58H70N16O22S6/c75-25-17-71(18-26-76)97(83,84)45-9-1-5-39(33-45)59-53-65-54(60-40-6-2-10-46(34-40)98(85,86)72(19-27-77)20-28-78)68-57(67-53)63-43-13-15-49(51(37-43)101(91,92)93)50-16-14-44(38-52(50)102(94,95)96)64-58-69-55(61-41-7-3-11-47(35-41)99(87,88)73(21-29-79)22-30-80)66-56(70-58)62-42-8-4-12-48(36-42)100(89,90)74(23-31-81)24-32-82/h1-16,33-38,75-82H,17-32H2,(H,91,92,93)(H,94,95,96)(H3,59,60,63,65,67,68)(H3,61,62,64,66,69,70)/p-2. The number of hydrogen-bond acceptors (Lipinski definition) is 28. The van der Waals surface area contributed by atoms with Gasteiger partial charge in [-0.05, 0) is 97.1 Å². The van der Waals surface area contributed by atoms with Gasteiger partial charge in [0.05, 0.1) is 116 Å². The number of hydrogen-bond donors (Lipinski definition) is 14. The predicted octanol–water partition coefficient (Wildman–Crippen LogP) is -3.57. The van der Waals surface area contributed by atoms with E-state index < -0.39 is 134 Å². The molecule has 14 N–H and O–H groups in total. The minimum atomic E-state index is -5.68. The number of nitrogens with zero attached hydrogens (tertiary/aromatic N) is 10. The summed E-state index contributed by atoms with van der Waals surface area (Å²) in [5, 5.41) is 76.6. The number of aromatic amines is 6. The summed E-state index contributed by atoms with van der Waals surface area (Å²) in [6.07, 6.45) is 0. The number of aliphatic hydroxyl groups excluding tert-OH is 8. The lowest BCUT2D eigenvalue weighted by atomic mass is 10.0. The van der Waals surface area contributed by atoms with Gasteiger partial charge in [0.25, 0.3) is 0 Å². The van der Waals surface area contributed by atoms with Gasteiger partial charge in [0.2, 0.25) is 73.8 Å². The molecule has 0 saturated carbocycles. The molecule has 0 fully saturated rings. The van der Waals surface area contributed by atoms with Crippen molar-refractivity contribution >= 4 is 94.5 Å². The molecule has 0 bridgehead atoms. The fourth-order valence-electron chi connectivity index (χ4n) is 9.74. The molecule has 38 nitrogen and oxygen atoms in total. The van der Waals surface area contributed by atoms with Crippen molar-refractivity contribution in [3.05, 3.63) is 167 Å². The van der Waals surface area contributed by atoms with E-state index >= 15 is 0 Å². The zero-order valence-corrected chi connectivity index (χ0v) is 58.1. The van der Waals surface area contributed by atoms with E-state index in [1.54, 1.807) is 0 Å². The number of H-pyrrole nitrogens is 6. The molecule has 0 aliphatic heterocycles. The number of nitrogens with one attached hydrogen (secondary N) is 6. The van der Waals surface area contributed by atoms with E-state index in [4.69, 9.17) is 0 Å². The minimum absolute atomic E-state index is 0.0531. The van der Waals surface area contributed by atoms with Crippen LogP contribution in [0.5, 0.6) is 0 Å². The van der Waals surface area contributed by atoms with Gasteiger partial charge in [0.15, 0.2) is 0 Å². The van der Waals surface area contributed by atoms with Gasteiger partial charge < -0.3 is 50.0 Å². The summed E-state index contributed by atoms with van der Waals surface area (Å²) in [6, 6.07) is 25.8. The third-order valence-electron chi connectivity index (χ3n) is 14.2. The molecule has 0 spiro atoms. The SMILES string of the molecule is O=S(=O)([O-])c1cc(N=c2[nH]c(=Nc3cccc(S(=O)(=O)N(CCO)CCO)c3)[nH]c(=Nc3cccc(S(=O)(=O)N(CCO)CCO)c3)[nH]2)ccc1-c1ccc(N=c2[nH]c(=Nc3cccc(S(=O)(=O)N(CCO)CCO)c3)[nH]c(=Nc3cccc(S(=O)(=O)N(CCO)CCO)c3)[nH]2)cc1S(=O)(=O)[O-]. The Morgan fingerprint density at radius 3 is 0.637 bits per heavy atom. The van der Waals surface area contributed by atoms with Crippen LogP contribution in [-0.4, -0.2) is 253 Å². The normalized spacial score (nSPS) is 13.5. The molecular formula is C58H68N16O22S6-2. The van der Waals surface area contributed by atoms with E-state index in [-0.39, 0.29) is 140 Å². The number of rotatable bonds is 33. The van der Waals surface area contributed by atoms with E-state index in [1.165, 1.54) is 72.8 Å². The summed E-state index contributed by atoms with van der Waals surface area (Å²) >= 11 is 0. The van der Waals surface area contributed by atoms with Gasteiger partial charge >= 0.3 is 0 Å². The molecule has 6 aromatic carbocycles. The zero-order valence-electron chi connectivity index (χ0n) is 53.2. The second-order valence-corrected chi connectivity index (χ2v) is 31.6. The average molecular weight is 1530 g/mol. The summed E-state index contributed by atoms with van der Waals surface area (Å²) < 4.78 is 192. The minimum Gasteiger partial charge on any atom is -0.744 e. The van der Waals surface area contributed by atoms with Crippen LogP contribution in [0.2, 0.25) is 0 Å². The highest BCUT2D eigenvalue weighted by Crippen LogP contribution is 2.37. The Bertz CT molecular complexity index is 4920. The molecule has 0 saturated heterocycles. The Hall–Kier alpha value is -8.72. The van der Waals surface area contributed by atoms with E-state index in [1.807, 2.05) is 0 Å². The second-order valence-electron chi connectivity index (χ2n) is 21.2. The first kappa shape index (κ1) is 79.0. The first-order chi connectivity index (χ1) is 48.4. The van der Waals surface area contributed by atoms with Crippen molar-refractivity contribution in [1.82, 2.24) is 47.1 Å². The molecule has 0 atom stereocenters. The van der Waals surface area contributed by atoms with E-state index in [2.05, 4.69) is 59.9 Å². The highest BCUT2D eigenvalue weighted by Gasteiger charge is 2.28. The van der Waals surface area contributed by atoms with Gasteiger partial charge in [-0.25, -0.2) is 80.5 Å². The van der Waals surface area contributed by atoms with Crippen molar-refractivity contribution in [2.24, 2.45) is 30.0 Å². The molecule has 550 valence electrons. The molecule has 0 unspecified atom stereocenters. The van der Waals surface area contributed by atoms with E-state index in [0.29, 0.717) is 0 Å². The van der Waals surface area contributed by atoms with E-state index in [0.717, 1.165) is 77.9 Å². The van der Waals surface area contributed by atoms with Crippen LogP contribution in [-0.2, 0) is 60.3 Å². The molecule has 8 rings (SSSR count). The van der Waals surface area contributed by atoms with Crippen LogP contribution >= 0.6 is 0 Å². The van der Waals surface area contributed by atoms with Crippen molar-refractivity contribution in [2.45, 2.75) is 29.4 Å². The van der Waals surface area contributed by atoms with Crippen LogP contribution in [0.3, 0.4) is 0 Å². The van der Waals surface area contributed by atoms with E-state index in [9.17, 15) is 100 Å². The molecule has 44 heteroatoms. The monoisotopic (exact) mass is 1530 g/mol. The summed E-state index contributed by atoms with van der Waals surface area (Å²) in [6.45, 7) is -7.63. The van der Waals surface area contributed by atoms with Crippen molar-refractivity contribution in [1.29, 1.82) is 0 Å². The third kappa shape index (κ3) is 19.9. The lowest BCUT2D eigenvalue weighted by Crippen LogP contribution is -2.37. The number of aliphatic hydroxyl groups is 8. The molecule has 0 aliphatic rings. The second kappa shape index (κ2) is 34.5. The van der Waals surface area contributed by atoms with Gasteiger partial charge in [-0.1, -0.05) is 36.4 Å². The maximum atomic E-state index is 13.6. The maximum Gasteiger partial charge on any atom is 0.243 e. The van der Waals surface area contributed by atoms with Crippen molar-refractivity contribution in [2.75, 3.05) is 105 Å². The number of aromatic nitrogens is 6. The van der Waals surface area contributed by atoms with Gasteiger partial charge in [0.1, 0.15) is 20.2 Å². The lowest BCUT2D eigenvalue weighted by molar-refractivity contribution is 0.217. The summed E-state index contributed by atoms with van der Waals surface area (Å²) in [5.41, 5.74) is -4.09. The largest absolute Gasteiger partial charge is 0.744 e. The Morgan fingerprint density at radius 1 is 0.275 bits per heavy atom. The molecule has 0 radical (unpaired) electrons. The highest BCUT2D eigenvalue weighted by molar-refractivity contribution is 7.90. The maximum absolute atomic E-state index is 13.6. The topological polar surface area (TPSA) is 595 Å². The van der Waals surface area contributed by atoms with Crippen LogP contribution in [0.4, 0.5) is 34.1 Å². The van der Waals surface area contributed by atoms with Crippen LogP contribution in [0, 0.1) is 0 Å². The quantitative estimate of drug-likeness (QED) is 0.0177. The molecule has 2 heterocycles. The van der Waals surface area contributed by atoms with Gasteiger partial charge in [-0.3, -0.25) is 29.9 Å². The molecular weight excluding hydrogens is 1470 g/mol. The average Bonchev–Trinajstić information content (AvgIpc) is 0.773.